The van der Waals surface area contributed by atoms with Crippen LogP contribution in [-0.4, -0.2) is 61.7 Å². The molecule has 0 spiro atoms. The third-order valence-corrected chi connectivity index (χ3v) is 4.48. The van der Waals surface area contributed by atoms with Crippen LogP contribution in [0.4, 0.5) is 4.39 Å². The maximum atomic E-state index is 14.0. The number of fused-ring (bicyclic) bond motifs is 1. The zero-order valence-corrected chi connectivity index (χ0v) is 12.9. The van der Waals surface area contributed by atoms with Gasteiger partial charge in [-0.1, -0.05) is 6.07 Å². The SMILES string of the molecule is CO[C@H]1C[C@@H](C(=O)N2CCOc3cccc(F)c3C2)N(C)C1. The summed E-state index contributed by atoms with van der Waals surface area (Å²) in [4.78, 5) is 16.5. The van der Waals surface area contributed by atoms with Gasteiger partial charge >= 0.3 is 0 Å². The van der Waals surface area contributed by atoms with E-state index in [1.54, 1.807) is 24.1 Å². The van der Waals surface area contributed by atoms with E-state index in [9.17, 15) is 9.18 Å². The minimum absolute atomic E-state index is 0.0155. The highest BCUT2D eigenvalue weighted by molar-refractivity contribution is 5.82. The minimum Gasteiger partial charge on any atom is -0.491 e. The molecule has 0 unspecified atom stereocenters. The molecule has 0 bridgehead atoms. The van der Waals surface area contributed by atoms with Crippen LogP contribution in [0.2, 0.25) is 0 Å². The first kappa shape index (κ1) is 15.2. The number of benzene rings is 1. The second-order valence-electron chi connectivity index (χ2n) is 5.87. The van der Waals surface area contributed by atoms with Crippen LogP contribution in [-0.2, 0) is 16.1 Å². The van der Waals surface area contributed by atoms with Crippen LogP contribution in [0.15, 0.2) is 18.2 Å². The maximum absolute atomic E-state index is 14.0. The molecule has 1 amide bonds. The zero-order chi connectivity index (χ0) is 15.7. The molecule has 0 radical (unpaired) electrons. The summed E-state index contributed by atoms with van der Waals surface area (Å²) in [5.41, 5.74) is 0.456. The number of ether oxygens (including phenoxy) is 2. The molecule has 5 nitrogen and oxygen atoms in total. The van der Waals surface area contributed by atoms with E-state index in [0.29, 0.717) is 30.9 Å². The Morgan fingerprint density at radius 2 is 2.27 bits per heavy atom. The van der Waals surface area contributed by atoms with Crippen molar-refractivity contribution in [3.8, 4) is 5.75 Å². The van der Waals surface area contributed by atoms with Crippen molar-refractivity contribution in [2.45, 2.75) is 25.1 Å². The number of amides is 1. The summed E-state index contributed by atoms with van der Waals surface area (Å²) in [6, 6.07) is 4.56. The molecule has 0 aliphatic carbocycles. The van der Waals surface area contributed by atoms with E-state index in [-0.39, 0.29) is 30.4 Å². The van der Waals surface area contributed by atoms with Gasteiger partial charge in [-0.15, -0.1) is 0 Å². The Morgan fingerprint density at radius 3 is 3.00 bits per heavy atom. The summed E-state index contributed by atoms with van der Waals surface area (Å²) in [6.07, 6.45) is 0.749. The van der Waals surface area contributed by atoms with Crippen molar-refractivity contribution in [3.05, 3.63) is 29.6 Å². The standard InChI is InChI=1S/C16H21FN2O3/c1-18-9-11(21-2)8-14(18)16(20)19-6-7-22-15-5-3-4-13(17)12(15)10-19/h3-5,11,14H,6-10H2,1-2H3/t11-,14-/m0/s1. The lowest BCUT2D eigenvalue weighted by Crippen LogP contribution is -2.44. The van der Waals surface area contributed by atoms with Gasteiger partial charge in [0, 0.05) is 19.2 Å². The molecule has 22 heavy (non-hydrogen) atoms. The molecule has 1 aromatic rings. The van der Waals surface area contributed by atoms with Gasteiger partial charge in [-0.25, -0.2) is 4.39 Å². The number of carbonyl (C=O) groups is 1. The van der Waals surface area contributed by atoms with Crippen LogP contribution in [0, 0.1) is 5.82 Å². The van der Waals surface area contributed by atoms with Crippen LogP contribution < -0.4 is 4.74 Å². The van der Waals surface area contributed by atoms with Gasteiger partial charge in [0.05, 0.1) is 25.2 Å². The number of nitrogens with zero attached hydrogens (tertiary/aromatic N) is 2. The summed E-state index contributed by atoms with van der Waals surface area (Å²) >= 11 is 0. The van der Waals surface area contributed by atoms with Gasteiger partial charge in [-0.2, -0.15) is 0 Å². The highest BCUT2D eigenvalue weighted by Gasteiger charge is 2.37. The largest absolute Gasteiger partial charge is 0.491 e. The molecule has 2 atom stereocenters. The lowest BCUT2D eigenvalue weighted by Gasteiger charge is -2.26. The fourth-order valence-corrected chi connectivity index (χ4v) is 3.17. The monoisotopic (exact) mass is 308 g/mol. The molecule has 0 saturated carbocycles. The number of hydrogen-bond donors (Lipinski definition) is 0. The lowest BCUT2D eigenvalue weighted by molar-refractivity contribution is -0.136. The Labute approximate surface area is 129 Å². The normalized spacial score (nSPS) is 25.5. The van der Waals surface area contributed by atoms with E-state index in [4.69, 9.17) is 9.47 Å². The van der Waals surface area contributed by atoms with Gasteiger partial charge in [0.1, 0.15) is 18.2 Å². The topological polar surface area (TPSA) is 42.0 Å². The third kappa shape index (κ3) is 2.80. The van der Waals surface area contributed by atoms with Gasteiger partial charge in [0.2, 0.25) is 5.91 Å². The van der Waals surface area contributed by atoms with Gasteiger partial charge in [-0.05, 0) is 25.6 Å². The smallest absolute Gasteiger partial charge is 0.240 e. The quantitative estimate of drug-likeness (QED) is 0.825. The Hall–Kier alpha value is -1.66. The third-order valence-electron chi connectivity index (χ3n) is 4.48. The highest BCUT2D eigenvalue weighted by Crippen LogP contribution is 2.27. The summed E-state index contributed by atoms with van der Waals surface area (Å²) in [6.45, 7) is 1.84. The summed E-state index contributed by atoms with van der Waals surface area (Å²) in [5.74, 6) is 0.221. The van der Waals surface area contributed by atoms with Crippen molar-refractivity contribution >= 4 is 5.91 Å². The van der Waals surface area contributed by atoms with Crippen molar-refractivity contribution in [2.24, 2.45) is 0 Å². The molecule has 2 heterocycles. The fraction of sp³-hybridized carbons (Fsp3) is 0.562. The Morgan fingerprint density at radius 1 is 1.45 bits per heavy atom. The number of halogens is 1. The van der Waals surface area contributed by atoms with Crippen molar-refractivity contribution < 1.29 is 18.7 Å². The highest BCUT2D eigenvalue weighted by atomic mass is 19.1. The van der Waals surface area contributed by atoms with Crippen LogP contribution in [0.25, 0.3) is 0 Å². The number of methoxy groups -OCH3 is 1. The van der Waals surface area contributed by atoms with Crippen molar-refractivity contribution in [1.29, 1.82) is 0 Å². The average molecular weight is 308 g/mol. The first-order valence-electron chi connectivity index (χ1n) is 7.52. The molecule has 120 valence electrons. The number of carbonyl (C=O) groups excluding carboxylic acids is 1. The van der Waals surface area contributed by atoms with Crippen LogP contribution >= 0.6 is 0 Å². The molecule has 2 aliphatic rings. The number of likely N-dealkylation sites (tertiary alicyclic amines) is 1. The van der Waals surface area contributed by atoms with Crippen molar-refractivity contribution in [1.82, 2.24) is 9.80 Å². The lowest BCUT2D eigenvalue weighted by atomic mass is 10.1. The van der Waals surface area contributed by atoms with E-state index >= 15 is 0 Å². The first-order chi connectivity index (χ1) is 10.6. The molecular weight excluding hydrogens is 287 g/mol. The Kier molecular flexibility index (Phi) is 4.31. The molecule has 0 aromatic heterocycles. The molecule has 6 heteroatoms. The van der Waals surface area contributed by atoms with E-state index in [0.717, 1.165) is 6.54 Å². The second-order valence-corrected chi connectivity index (χ2v) is 5.87. The van der Waals surface area contributed by atoms with Crippen molar-refractivity contribution in [2.75, 3.05) is 33.9 Å². The van der Waals surface area contributed by atoms with E-state index in [1.165, 1.54) is 6.07 Å². The summed E-state index contributed by atoms with van der Waals surface area (Å²) < 4.78 is 24.9. The number of hydrogen-bond acceptors (Lipinski definition) is 4. The van der Waals surface area contributed by atoms with E-state index < -0.39 is 0 Å². The molecule has 0 N–H and O–H groups in total. The molecule has 1 aromatic carbocycles. The predicted molar refractivity (Wildman–Crippen MR) is 79.1 cm³/mol. The molecule has 3 rings (SSSR count). The zero-order valence-electron chi connectivity index (χ0n) is 12.9. The first-order valence-corrected chi connectivity index (χ1v) is 7.52. The Bertz CT molecular complexity index is 566. The fourth-order valence-electron chi connectivity index (χ4n) is 3.17. The molecule has 2 aliphatic heterocycles. The van der Waals surface area contributed by atoms with Crippen LogP contribution in [0.3, 0.4) is 0 Å². The molecule has 1 saturated heterocycles. The van der Waals surface area contributed by atoms with Gasteiger partial charge in [0.25, 0.3) is 0 Å². The van der Waals surface area contributed by atoms with E-state index in [2.05, 4.69) is 0 Å². The molecular formula is C16H21FN2O3. The van der Waals surface area contributed by atoms with Gasteiger partial charge in [-0.3, -0.25) is 9.69 Å². The summed E-state index contributed by atoms with van der Waals surface area (Å²) in [7, 11) is 3.58. The van der Waals surface area contributed by atoms with E-state index in [1.807, 2.05) is 11.9 Å². The Balaban J connectivity index is 1.78. The minimum atomic E-state index is -0.327. The van der Waals surface area contributed by atoms with Gasteiger partial charge < -0.3 is 14.4 Å². The average Bonchev–Trinajstić information content (AvgIpc) is 2.75. The maximum Gasteiger partial charge on any atom is 0.240 e. The summed E-state index contributed by atoms with van der Waals surface area (Å²) in [5, 5.41) is 0. The van der Waals surface area contributed by atoms with Crippen LogP contribution in [0.1, 0.15) is 12.0 Å². The molecule has 1 fully saturated rings. The predicted octanol–water partition coefficient (Wildman–Crippen LogP) is 1.27. The van der Waals surface area contributed by atoms with Crippen molar-refractivity contribution in [3.63, 3.8) is 0 Å². The van der Waals surface area contributed by atoms with Gasteiger partial charge in [0.15, 0.2) is 0 Å². The second kappa shape index (κ2) is 6.22. The number of likely N-dealkylation sites (N-methyl/N-ethyl adjacent to an activating group) is 1. The van der Waals surface area contributed by atoms with Crippen LogP contribution in [0.5, 0.6) is 5.75 Å². The number of rotatable bonds is 2.